The fraction of sp³-hybridized carbons (Fsp3) is 0.346. The van der Waals surface area contributed by atoms with Crippen molar-refractivity contribution in [2.75, 3.05) is 12.9 Å². The Labute approximate surface area is 215 Å². The number of carbonyl (C=O) groups is 3. The van der Waals surface area contributed by atoms with Crippen LogP contribution in [0.4, 0.5) is 0 Å². The Kier molecular flexibility index (Phi) is 8.11. The number of thiophene rings is 1. The van der Waals surface area contributed by atoms with Gasteiger partial charge < -0.3 is 10.1 Å². The molecule has 1 aliphatic carbocycles. The summed E-state index contributed by atoms with van der Waals surface area (Å²) in [6, 6.07) is 13.4. The van der Waals surface area contributed by atoms with Crippen LogP contribution in [0.1, 0.15) is 36.0 Å². The van der Waals surface area contributed by atoms with E-state index in [2.05, 4.69) is 33.4 Å². The van der Waals surface area contributed by atoms with Crippen LogP contribution in [-0.4, -0.2) is 35.9 Å². The minimum atomic E-state index is -0.800. The zero-order valence-corrected chi connectivity index (χ0v) is 22.2. The molecule has 2 aromatic carbocycles. The lowest BCUT2D eigenvalue weighted by atomic mass is 9.87. The number of benzene rings is 2. The number of esters is 1. The molecule has 3 aromatic rings. The maximum atomic E-state index is 13.6. The normalized spacial score (nSPS) is 16.6. The van der Waals surface area contributed by atoms with Gasteiger partial charge in [0.25, 0.3) is 0 Å². The van der Waals surface area contributed by atoms with Crippen molar-refractivity contribution in [3.05, 3.63) is 69.0 Å². The smallest absolute Gasteiger partial charge is 0.328 e. The zero-order chi connectivity index (χ0) is 24.2. The van der Waals surface area contributed by atoms with Crippen molar-refractivity contribution in [1.82, 2.24) is 5.32 Å². The maximum absolute atomic E-state index is 13.6. The molecule has 3 atom stereocenters. The topological polar surface area (TPSA) is 72.5 Å². The summed E-state index contributed by atoms with van der Waals surface area (Å²) in [5.41, 5.74) is 3.37. The lowest BCUT2D eigenvalue weighted by Gasteiger charge is -2.26. The van der Waals surface area contributed by atoms with Crippen molar-refractivity contribution in [1.29, 1.82) is 0 Å². The van der Waals surface area contributed by atoms with Gasteiger partial charge in [0, 0.05) is 28.3 Å². The Morgan fingerprint density at radius 3 is 2.79 bits per heavy atom. The first-order chi connectivity index (χ1) is 16.4. The number of hydrogen-bond acceptors (Lipinski definition) is 6. The maximum Gasteiger partial charge on any atom is 0.328 e. The first-order valence-corrected chi connectivity index (χ1v) is 13.8. The molecule has 3 unspecified atom stereocenters. The van der Waals surface area contributed by atoms with Crippen LogP contribution in [0.15, 0.2) is 52.3 Å². The molecule has 1 aromatic heterocycles. The Bertz CT molecular complexity index is 1220. The van der Waals surface area contributed by atoms with Gasteiger partial charge in [0.05, 0.1) is 13.0 Å². The highest BCUT2D eigenvalue weighted by molar-refractivity contribution is 9.10. The third-order valence-electron chi connectivity index (χ3n) is 6.31. The summed E-state index contributed by atoms with van der Waals surface area (Å²) < 4.78 is 7.18. The fourth-order valence-electron chi connectivity index (χ4n) is 4.64. The lowest BCUT2D eigenvalue weighted by Crippen LogP contribution is -2.47. The fourth-order valence-corrected chi connectivity index (χ4v) is 6.83. The number of methoxy groups -OCH3 is 1. The van der Waals surface area contributed by atoms with E-state index >= 15 is 0 Å². The van der Waals surface area contributed by atoms with Gasteiger partial charge in [-0.2, -0.15) is 0 Å². The zero-order valence-electron chi connectivity index (χ0n) is 19.0. The minimum Gasteiger partial charge on any atom is -0.467 e. The van der Waals surface area contributed by atoms with E-state index in [1.54, 1.807) is 11.3 Å². The molecule has 5 nitrogen and oxygen atoms in total. The van der Waals surface area contributed by atoms with Crippen LogP contribution >= 0.6 is 39.0 Å². The molecule has 0 saturated heterocycles. The largest absolute Gasteiger partial charge is 0.467 e. The average molecular weight is 561 g/mol. The summed E-state index contributed by atoms with van der Waals surface area (Å²) in [4.78, 5) is 38.0. The number of amides is 1. The molecule has 4 rings (SSSR count). The highest BCUT2D eigenvalue weighted by Crippen LogP contribution is 2.41. The van der Waals surface area contributed by atoms with E-state index in [1.165, 1.54) is 19.6 Å². The van der Waals surface area contributed by atoms with Crippen molar-refractivity contribution in [2.24, 2.45) is 5.92 Å². The predicted molar refractivity (Wildman–Crippen MR) is 141 cm³/mol. The number of ether oxygens (including phenoxy) is 1. The van der Waals surface area contributed by atoms with Crippen LogP contribution in [0.5, 0.6) is 0 Å². The molecule has 8 heteroatoms. The van der Waals surface area contributed by atoms with Crippen molar-refractivity contribution >= 4 is 66.1 Å². The highest BCUT2D eigenvalue weighted by Gasteiger charge is 2.36. The van der Waals surface area contributed by atoms with Crippen LogP contribution in [0.3, 0.4) is 0 Å². The van der Waals surface area contributed by atoms with E-state index < -0.39 is 17.9 Å². The Morgan fingerprint density at radius 2 is 2.03 bits per heavy atom. The second kappa shape index (κ2) is 11.1. The Balaban J connectivity index is 1.58. The molecule has 1 N–H and O–H groups in total. The van der Waals surface area contributed by atoms with Gasteiger partial charge in [0.1, 0.15) is 6.04 Å². The molecule has 178 valence electrons. The van der Waals surface area contributed by atoms with Crippen molar-refractivity contribution in [3.8, 4) is 0 Å². The van der Waals surface area contributed by atoms with Crippen LogP contribution in [-0.2, 0) is 32.0 Å². The number of hydrogen-bond donors (Lipinski definition) is 1. The first kappa shape index (κ1) is 24.9. The second-order valence-corrected chi connectivity index (χ2v) is 11.5. The van der Waals surface area contributed by atoms with Gasteiger partial charge in [0.2, 0.25) is 5.91 Å². The van der Waals surface area contributed by atoms with E-state index in [9.17, 15) is 14.4 Å². The summed E-state index contributed by atoms with van der Waals surface area (Å²) in [6.07, 6.45) is 2.07. The molecule has 0 spiro atoms. The van der Waals surface area contributed by atoms with Crippen molar-refractivity contribution in [2.45, 2.75) is 38.1 Å². The molecule has 1 amide bonds. The molecule has 34 heavy (non-hydrogen) atoms. The van der Waals surface area contributed by atoms with Gasteiger partial charge in [-0.25, -0.2) is 4.79 Å². The van der Waals surface area contributed by atoms with Crippen molar-refractivity contribution < 1.29 is 19.1 Å². The quantitative estimate of drug-likeness (QED) is 0.369. The van der Waals surface area contributed by atoms with Crippen LogP contribution in [0.25, 0.3) is 10.1 Å². The summed E-state index contributed by atoms with van der Waals surface area (Å²) in [5.74, 6) is -0.754. The monoisotopic (exact) mass is 559 g/mol. The van der Waals surface area contributed by atoms with E-state index in [0.29, 0.717) is 12.2 Å². The third kappa shape index (κ3) is 5.56. The van der Waals surface area contributed by atoms with Gasteiger partial charge in [0.15, 0.2) is 5.12 Å². The molecule has 0 saturated carbocycles. The van der Waals surface area contributed by atoms with Gasteiger partial charge in [-0.05, 0) is 64.4 Å². The van der Waals surface area contributed by atoms with Gasteiger partial charge in [-0.1, -0.05) is 52.0 Å². The number of thioether (sulfide) groups is 1. The Morgan fingerprint density at radius 1 is 1.24 bits per heavy atom. The van der Waals surface area contributed by atoms with Gasteiger partial charge >= 0.3 is 5.97 Å². The highest BCUT2D eigenvalue weighted by atomic mass is 79.9. The molecule has 0 radical (unpaired) electrons. The van der Waals surface area contributed by atoms with E-state index in [0.717, 1.165) is 50.3 Å². The summed E-state index contributed by atoms with van der Waals surface area (Å²) in [5, 5.41) is 6.05. The number of fused-ring (bicyclic) bond motifs is 2. The average Bonchev–Trinajstić information content (AvgIpc) is 3.42. The molecule has 1 aliphatic rings. The second-order valence-electron chi connectivity index (χ2n) is 8.44. The van der Waals surface area contributed by atoms with Crippen LogP contribution < -0.4 is 5.32 Å². The molecular weight excluding hydrogens is 534 g/mol. The lowest BCUT2D eigenvalue weighted by molar-refractivity contribution is -0.145. The molecule has 1 heterocycles. The van der Waals surface area contributed by atoms with Gasteiger partial charge in [-0.15, -0.1) is 11.3 Å². The molecule has 0 bridgehead atoms. The van der Waals surface area contributed by atoms with E-state index in [1.807, 2.05) is 35.7 Å². The number of aryl methyl sites for hydroxylation is 1. The van der Waals surface area contributed by atoms with E-state index in [4.69, 9.17) is 4.74 Å². The third-order valence-corrected chi connectivity index (χ3v) is 8.74. The molecular formula is C26H26BrNO4S2. The number of nitrogens with one attached hydrogen (secondary N) is 1. The summed E-state index contributed by atoms with van der Waals surface area (Å²) >= 11 is 6.30. The molecule has 0 aliphatic heterocycles. The Hall–Kier alpha value is -2.16. The number of rotatable bonds is 8. The summed E-state index contributed by atoms with van der Waals surface area (Å²) in [7, 11) is 1.33. The SMILES string of the molecule is COC(=O)C(Cc1csc2ccccc12)NC(=O)C(CSC(C)=O)C1CCc2cc(Br)ccc21. The standard InChI is InChI=1S/C26H26BrNO4S2/c1-15(29)33-14-22(21-9-7-16-11-18(27)8-10-19(16)21)25(30)28-23(26(31)32-2)12-17-13-34-24-6-4-3-5-20(17)24/h3-6,8,10-11,13,21-23H,7,9,12,14H2,1-2H3,(H,28,30). The number of halogens is 1. The summed E-state index contributed by atoms with van der Waals surface area (Å²) in [6.45, 7) is 1.51. The van der Waals surface area contributed by atoms with E-state index in [-0.39, 0.29) is 16.9 Å². The predicted octanol–water partition coefficient (Wildman–Crippen LogP) is 5.49. The first-order valence-electron chi connectivity index (χ1n) is 11.1. The van der Waals surface area contributed by atoms with Crippen LogP contribution in [0, 0.1) is 5.92 Å². The minimum absolute atomic E-state index is 0.00442. The van der Waals surface area contributed by atoms with Gasteiger partial charge in [-0.3, -0.25) is 9.59 Å². The van der Waals surface area contributed by atoms with Crippen molar-refractivity contribution in [3.63, 3.8) is 0 Å². The number of carbonyl (C=O) groups excluding carboxylic acids is 3. The molecule has 0 fully saturated rings. The van der Waals surface area contributed by atoms with Crippen LogP contribution in [0.2, 0.25) is 0 Å².